The molecule has 3 heteroatoms. The topological polar surface area (TPSA) is 49.3 Å². The fourth-order valence-electron chi connectivity index (χ4n) is 0.852. The van der Waals surface area contributed by atoms with Crippen LogP contribution in [0, 0.1) is 0 Å². The van der Waals surface area contributed by atoms with E-state index in [-0.39, 0.29) is 6.04 Å². The lowest BCUT2D eigenvalue weighted by molar-refractivity contribution is -0.110. The van der Waals surface area contributed by atoms with Crippen LogP contribution in [0.2, 0.25) is 0 Å². The van der Waals surface area contributed by atoms with Crippen molar-refractivity contribution in [1.82, 2.24) is 5.32 Å². The summed E-state index contributed by atoms with van der Waals surface area (Å²) in [7, 11) is 0. The van der Waals surface area contributed by atoms with Crippen LogP contribution >= 0.6 is 0 Å². The van der Waals surface area contributed by atoms with Crippen LogP contribution in [0.4, 0.5) is 0 Å². The number of aldehydes is 1. The standard InChI is InChI=1S/C5H9NO2/c7-3-4-5(8)1-2-6-4/h3-6,8H,1-2H2/t4-,5-/m1/s1. The van der Waals surface area contributed by atoms with Crippen molar-refractivity contribution in [3.8, 4) is 0 Å². The van der Waals surface area contributed by atoms with E-state index in [9.17, 15) is 4.79 Å². The number of hydrogen-bond donors (Lipinski definition) is 2. The summed E-state index contributed by atoms with van der Waals surface area (Å²) in [5, 5.41) is 11.7. The Kier molecular flexibility index (Phi) is 1.60. The molecular weight excluding hydrogens is 106 g/mol. The molecular formula is C5H9NO2. The Morgan fingerprint density at radius 3 is 2.75 bits per heavy atom. The summed E-state index contributed by atoms with van der Waals surface area (Å²) in [4.78, 5) is 10.00. The quantitative estimate of drug-likeness (QED) is 0.427. The van der Waals surface area contributed by atoms with E-state index in [1.165, 1.54) is 0 Å². The van der Waals surface area contributed by atoms with Crippen LogP contribution in [0.1, 0.15) is 6.42 Å². The molecule has 1 aliphatic rings. The number of aliphatic hydroxyl groups is 1. The average Bonchev–Trinajstić information content (AvgIpc) is 2.14. The maximum atomic E-state index is 10.00. The predicted molar refractivity (Wildman–Crippen MR) is 28.5 cm³/mol. The van der Waals surface area contributed by atoms with Gasteiger partial charge in [0.15, 0.2) is 0 Å². The molecule has 0 aromatic rings. The number of carbonyl (C=O) groups excluding carboxylic acids is 1. The van der Waals surface area contributed by atoms with Gasteiger partial charge in [0, 0.05) is 0 Å². The second kappa shape index (κ2) is 2.24. The van der Waals surface area contributed by atoms with Crippen molar-refractivity contribution in [3.63, 3.8) is 0 Å². The summed E-state index contributed by atoms with van der Waals surface area (Å²) >= 11 is 0. The van der Waals surface area contributed by atoms with Crippen LogP contribution in [-0.2, 0) is 4.79 Å². The number of rotatable bonds is 1. The van der Waals surface area contributed by atoms with Crippen molar-refractivity contribution in [2.24, 2.45) is 0 Å². The van der Waals surface area contributed by atoms with E-state index in [1.54, 1.807) is 0 Å². The van der Waals surface area contributed by atoms with E-state index in [4.69, 9.17) is 5.11 Å². The van der Waals surface area contributed by atoms with Gasteiger partial charge in [-0.1, -0.05) is 0 Å². The third-order valence-corrected chi connectivity index (χ3v) is 1.38. The molecule has 0 aliphatic carbocycles. The Morgan fingerprint density at radius 2 is 2.50 bits per heavy atom. The van der Waals surface area contributed by atoms with Gasteiger partial charge in [-0.15, -0.1) is 0 Å². The molecule has 0 aromatic heterocycles. The first-order valence-electron chi connectivity index (χ1n) is 2.71. The Hall–Kier alpha value is -0.410. The lowest BCUT2D eigenvalue weighted by Gasteiger charge is -2.03. The van der Waals surface area contributed by atoms with Crippen molar-refractivity contribution in [1.29, 1.82) is 0 Å². The smallest absolute Gasteiger partial charge is 0.139 e. The van der Waals surface area contributed by atoms with Gasteiger partial charge < -0.3 is 15.2 Å². The van der Waals surface area contributed by atoms with E-state index in [1.807, 2.05) is 0 Å². The molecule has 0 spiro atoms. The van der Waals surface area contributed by atoms with E-state index < -0.39 is 6.10 Å². The molecule has 1 rings (SSSR count). The fourth-order valence-corrected chi connectivity index (χ4v) is 0.852. The van der Waals surface area contributed by atoms with Gasteiger partial charge >= 0.3 is 0 Å². The van der Waals surface area contributed by atoms with Crippen LogP contribution < -0.4 is 5.32 Å². The molecule has 1 saturated heterocycles. The maximum absolute atomic E-state index is 10.00. The zero-order chi connectivity index (χ0) is 5.98. The van der Waals surface area contributed by atoms with Gasteiger partial charge in [-0.05, 0) is 13.0 Å². The van der Waals surface area contributed by atoms with Crippen LogP contribution in [0.5, 0.6) is 0 Å². The van der Waals surface area contributed by atoms with Crippen molar-refractivity contribution in [2.75, 3.05) is 6.54 Å². The molecule has 0 bridgehead atoms. The molecule has 3 nitrogen and oxygen atoms in total. The zero-order valence-corrected chi connectivity index (χ0v) is 4.50. The lowest BCUT2D eigenvalue weighted by Crippen LogP contribution is -2.31. The Balaban J connectivity index is 2.41. The van der Waals surface area contributed by atoms with E-state index in [0.29, 0.717) is 6.42 Å². The second-order valence-electron chi connectivity index (χ2n) is 1.97. The third kappa shape index (κ3) is 0.877. The SMILES string of the molecule is O=C[C@H]1NCC[C@H]1O. The monoisotopic (exact) mass is 115 g/mol. The molecule has 1 fully saturated rings. The highest BCUT2D eigenvalue weighted by molar-refractivity contribution is 5.59. The van der Waals surface area contributed by atoms with E-state index in [2.05, 4.69) is 5.32 Å². The summed E-state index contributed by atoms with van der Waals surface area (Å²) in [6.07, 6.45) is 0.994. The number of carbonyl (C=O) groups is 1. The molecule has 2 atom stereocenters. The molecule has 2 N–H and O–H groups in total. The highest BCUT2D eigenvalue weighted by Crippen LogP contribution is 2.02. The molecule has 0 unspecified atom stereocenters. The van der Waals surface area contributed by atoms with Crippen molar-refractivity contribution >= 4 is 6.29 Å². The largest absolute Gasteiger partial charge is 0.391 e. The molecule has 0 amide bonds. The van der Waals surface area contributed by atoms with Gasteiger partial charge in [-0.25, -0.2) is 0 Å². The molecule has 8 heavy (non-hydrogen) atoms. The molecule has 46 valence electrons. The van der Waals surface area contributed by atoms with Crippen LogP contribution in [0.15, 0.2) is 0 Å². The predicted octanol–water partition coefficient (Wildman–Crippen LogP) is -1.09. The molecule has 1 heterocycles. The summed E-state index contributed by atoms with van der Waals surface area (Å²) in [6.45, 7) is 0.755. The van der Waals surface area contributed by atoms with Crippen LogP contribution in [0.25, 0.3) is 0 Å². The first-order chi connectivity index (χ1) is 3.84. The fraction of sp³-hybridized carbons (Fsp3) is 0.800. The van der Waals surface area contributed by atoms with E-state index >= 15 is 0 Å². The summed E-state index contributed by atoms with van der Waals surface area (Å²) in [6, 6.07) is -0.310. The minimum Gasteiger partial charge on any atom is -0.391 e. The molecule has 0 aromatic carbocycles. The zero-order valence-electron chi connectivity index (χ0n) is 4.50. The van der Waals surface area contributed by atoms with Gasteiger partial charge in [-0.3, -0.25) is 0 Å². The minimum absolute atomic E-state index is 0.310. The number of nitrogens with one attached hydrogen (secondary N) is 1. The maximum Gasteiger partial charge on any atom is 0.139 e. The normalized spacial score (nSPS) is 37.6. The molecule has 1 aliphatic heterocycles. The molecule has 0 radical (unpaired) electrons. The summed E-state index contributed by atoms with van der Waals surface area (Å²) in [5.41, 5.74) is 0. The Labute approximate surface area is 47.7 Å². The van der Waals surface area contributed by atoms with Gasteiger partial charge in [0.1, 0.15) is 6.29 Å². The third-order valence-electron chi connectivity index (χ3n) is 1.38. The van der Waals surface area contributed by atoms with Gasteiger partial charge in [0.25, 0.3) is 0 Å². The lowest BCUT2D eigenvalue weighted by atomic mass is 10.2. The van der Waals surface area contributed by atoms with Crippen LogP contribution in [0.3, 0.4) is 0 Å². The molecule has 0 saturated carbocycles. The summed E-state index contributed by atoms with van der Waals surface area (Å²) in [5.74, 6) is 0. The summed E-state index contributed by atoms with van der Waals surface area (Å²) < 4.78 is 0. The van der Waals surface area contributed by atoms with Crippen LogP contribution in [-0.4, -0.2) is 30.1 Å². The van der Waals surface area contributed by atoms with Crippen molar-refractivity contribution in [3.05, 3.63) is 0 Å². The van der Waals surface area contributed by atoms with Gasteiger partial charge in [-0.2, -0.15) is 0 Å². The highest BCUT2D eigenvalue weighted by Gasteiger charge is 2.22. The van der Waals surface area contributed by atoms with Gasteiger partial charge in [0.2, 0.25) is 0 Å². The van der Waals surface area contributed by atoms with E-state index in [0.717, 1.165) is 12.8 Å². The highest BCUT2D eigenvalue weighted by atomic mass is 16.3. The first kappa shape index (κ1) is 5.72. The van der Waals surface area contributed by atoms with Gasteiger partial charge in [0.05, 0.1) is 12.1 Å². The number of aliphatic hydroxyl groups excluding tert-OH is 1. The average molecular weight is 115 g/mol. The first-order valence-corrected chi connectivity index (χ1v) is 2.71. The Morgan fingerprint density at radius 1 is 1.75 bits per heavy atom. The van der Waals surface area contributed by atoms with Crippen molar-refractivity contribution < 1.29 is 9.90 Å². The minimum atomic E-state index is -0.451. The second-order valence-corrected chi connectivity index (χ2v) is 1.97. The van der Waals surface area contributed by atoms with Crippen molar-refractivity contribution in [2.45, 2.75) is 18.6 Å². The number of hydrogen-bond acceptors (Lipinski definition) is 3. The Bertz CT molecular complexity index is 94.4.